The maximum atomic E-state index is 5.42. The van der Waals surface area contributed by atoms with Crippen LogP contribution in [0.3, 0.4) is 0 Å². The molecule has 2 rings (SSSR count). The van der Waals surface area contributed by atoms with Crippen molar-refractivity contribution in [3.05, 3.63) is 28.4 Å². The molecule has 0 saturated heterocycles. The summed E-state index contributed by atoms with van der Waals surface area (Å²) in [6.45, 7) is 4.32. The van der Waals surface area contributed by atoms with E-state index < -0.39 is 0 Å². The molecule has 0 radical (unpaired) electrons. The summed E-state index contributed by atoms with van der Waals surface area (Å²) in [6.07, 6.45) is 1.62. The van der Waals surface area contributed by atoms with Crippen molar-refractivity contribution >= 4 is 12.2 Å². The molecule has 2 aromatic heterocycles. The molecule has 6 heteroatoms. The van der Waals surface area contributed by atoms with Crippen LogP contribution in [0.5, 0.6) is 0 Å². The highest BCUT2D eigenvalue weighted by molar-refractivity contribution is 7.71. The van der Waals surface area contributed by atoms with Crippen molar-refractivity contribution in [3.8, 4) is 0 Å². The molecule has 2 heterocycles. The minimum atomic E-state index is 0.518. The molecule has 0 amide bonds. The standard InChI is InChI=1S/C8H10N4OS/c1-5-6(2)13-7(10-5)3-12-4-9-11-8(12)14/h4H,3H2,1-2H3,(H,11,14). The Labute approximate surface area is 85.8 Å². The number of aromatic amines is 1. The highest BCUT2D eigenvalue weighted by atomic mass is 32.1. The van der Waals surface area contributed by atoms with Gasteiger partial charge in [-0.1, -0.05) is 0 Å². The van der Waals surface area contributed by atoms with E-state index in [0.29, 0.717) is 17.2 Å². The summed E-state index contributed by atoms with van der Waals surface area (Å²) < 4.78 is 7.75. The molecule has 0 aliphatic heterocycles. The van der Waals surface area contributed by atoms with Crippen LogP contribution in [0, 0.1) is 18.6 Å². The predicted octanol–water partition coefficient (Wildman–Crippen LogP) is 1.59. The highest BCUT2D eigenvalue weighted by Gasteiger charge is 2.06. The highest BCUT2D eigenvalue weighted by Crippen LogP contribution is 2.09. The van der Waals surface area contributed by atoms with Crippen molar-refractivity contribution in [2.45, 2.75) is 20.4 Å². The molecule has 0 fully saturated rings. The molecule has 0 aliphatic carbocycles. The van der Waals surface area contributed by atoms with Crippen molar-refractivity contribution < 1.29 is 4.42 Å². The van der Waals surface area contributed by atoms with E-state index in [0.717, 1.165) is 11.5 Å². The lowest BCUT2D eigenvalue weighted by molar-refractivity contribution is 0.455. The molecule has 0 aromatic carbocycles. The molecule has 0 atom stereocenters. The lowest BCUT2D eigenvalue weighted by Gasteiger charge is -1.94. The van der Waals surface area contributed by atoms with Crippen molar-refractivity contribution in [2.75, 3.05) is 0 Å². The molecular formula is C8H10N4OS. The van der Waals surface area contributed by atoms with E-state index in [2.05, 4.69) is 15.2 Å². The number of nitrogens with zero attached hydrogens (tertiary/aromatic N) is 3. The fraction of sp³-hybridized carbons (Fsp3) is 0.375. The van der Waals surface area contributed by atoms with Gasteiger partial charge in [0.15, 0.2) is 4.77 Å². The van der Waals surface area contributed by atoms with Gasteiger partial charge in [-0.15, -0.1) is 0 Å². The minimum absolute atomic E-state index is 0.518. The summed E-state index contributed by atoms with van der Waals surface area (Å²) in [6, 6.07) is 0. The van der Waals surface area contributed by atoms with Gasteiger partial charge in [0.25, 0.3) is 0 Å². The van der Waals surface area contributed by atoms with Gasteiger partial charge in [-0.25, -0.2) is 4.98 Å². The third kappa shape index (κ3) is 1.60. The van der Waals surface area contributed by atoms with Crippen molar-refractivity contribution in [1.29, 1.82) is 0 Å². The van der Waals surface area contributed by atoms with Gasteiger partial charge in [-0.2, -0.15) is 5.10 Å². The largest absolute Gasteiger partial charge is 0.444 e. The smallest absolute Gasteiger partial charge is 0.214 e. The van der Waals surface area contributed by atoms with Gasteiger partial charge < -0.3 is 4.42 Å². The Morgan fingerprint density at radius 2 is 2.36 bits per heavy atom. The first-order valence-electron chi connectivity index (χ1n) is 4.19. The zero-order chi connectivity index (χ0) is 10.1. The number of nitrogens with one attached hydrogen (secondary N) is 1. The molecule has 0 spiro atoms. The molecule has 74 valence electrons. The quantitative estimate of drug-likeness (QED) is 0.765. The summed E-state index contributed by atoms with van der Waals surface area (Å²) in [5.41, 5.74) is 0.912. The summed E-state index contributed by atoms with van der Waals surface area (Å²) >= 11 is 5.00. The fourth-order valence-electron chi connectivity index (χ4n) is 1.14. The van der Waals surface area contributed by atoms with Crippen LogP contribution in [0.15, 0.2) is 10.7 Å². The summed E-state index contributed by atoms with van der Waals surface area (Å²) in [7, 11) is 0. The number of rotatable bonds is 2. The first-order valence-corrected chi connectivity index (χ1v) is 4.60. The van der Waals surface area contributed by atoms with Crippen LogP contribution in [-0.2, 0) is 6.54 Å². The van der Waals surface area contributed by atoms with Crippen LogP contribution in [0.1, 0.15) is 17.3 Å². The van der Waals surface area contributed by atoms with E-state index in [9.17, 15) is 0 Å². The zero-order valence-electron chi connectivity index (χ0n) is 7.94. The fourth-order valence-corrected chi connectivity index (χ4v) is 1.30. The molecule has 0 bridgehead atoms. The van der Waals surface area contributed by atoms with E-state index in [1.807, 2.05) is 13.8 Å². The van der Waals surface area contributed by atoms with Gasteiger partial charge in [0, 0.05) is 0 Å². The van der Waals surface area contributed by atoms with Crippen LogP contribution in [0.4, 0.5) is 0 Å². The van der Waals surface area contributed by atoms with Crippen LogP contribution < -0.4 is 0 Å². The number of H-pyrrole nitrogens is 1. The molecule has 5 nitrogen and oxygen atoms in total. The van der Waals surface area contributed by atoms with E-state index in [1.54, 1.807) is 10.9 Å². The third-order valence-corrected chi connectivity index (χ3v) is 2.32. The summed E-state index contributed by atoms with van der Waals surface area (Å²) in [5.74, 6) is 1.49. The van der Waals surface area contributed by atoms with Gasteiger partial charge in [0.1, 0.15) is 18.6 Å². The monoisotopic (exact) mass is 210 g/mol. The molecule has 0 saturated carbocycles. The first kappa shape index (κ1) is 9.14. The molecule has 2 aromatic rings. The van der Waals surface area contributed by atoms with E-state index >= 15 is 0 Å². The van der Waals surface area contributed by atoms with Gasteiger partial charge >= 0.3 is 0 Å². The number of hydrogen-bond acceptors (Lipinski definition) is 4. The van der Waals surface area contributed by atoms with Gasteiger partial charge in [0.2, 0.25) is 5.89 Å². The summed E-state index contributed by atoms with van der Waals surface area (Å²) in [5, 5.41) is 6.48. The summed E-state index contributed by atoms with van der Waals surface area (Å²) in [4.78, 5) is 4.25. The number of hydrogen-bond donors (Lipinski definition) is 1. The number of aromatic nitrogens is 4. The van der Waals surface area contributed by atoms with E-state index in [-0.39, 0.29) is 0 Å². The van der Waals surface area contributed by atoms with Crippen molar-refractivity contribution in [1.82, 2.24) is 19.7 Å². The first-order chi connectivity index (χ1) is 6.66. The van der Waals surface area contributed by atoms with E-state index in [1.165, 1.54) is 0 Å². The topological polar surface area (TPSA) is 59.6 Å². The zero-order valence-corrected chi connectivity index (χ0v) is 8.76. The minimum Gasteiger partial charge on any atom is -0.444 e. The Balaban J connectivity index is 2.27. The average Bonchev–Trinajstić information content (AvgIpc) is 2.63. The van der Waals surface area contributed by atoms with Gasteiger partial charge in [0.05, 0.1) is 5.69 Å². The third-order valence-electron chi connectivity index (χ3n) is 2.00. The van der Waals surface area contributed by atoms with Crippen LogP contribution in [-0.4, -0.2) is 19.7 Å². The second-order valence-electron chi connectivity index (χ2n) is 3.04. The lowest BCUT2D eigenvalue weighted by atomic mass is 10.4. The van der Waals surface area contributed by atoms with Crippen LogP contribution >= 0.6 is 12.2 Å². The molecule has 0 unspecified atom stereocenters. The molecule has 0 aliphatic rings. The Bertz CT molecular complexity index is 476. The van der Waals surface area contributed by atoms with Crippen LogP contribution in [0.25, 0.3) is 0 Å². The second kappa shape index (κ2) is 3.38. The van der Waals surface area contributed by atoms with Crippen molar-refractivity contribution in [3.63, 3.8) is 0 Å². The molecule has 1 N–H and O–H groups in total. The second-order valence-corrected chi connectivity index (χ2v) is 3.43. The van der Waals surface area contributed by atoms with Gasteiger partial charge in [-0.05, 0) is 26.1 Å². The average molecular weight is 210 g/mol. The Morgan fingerprint density at radius 3 is 2.86 bits per heavy atom. The van der Waals surface area contributed by atoms with Crippen LogP contribution in [0.2, 0.25) is 0 Å². The maximum Gasteiger partial charge on any atom is 0.214 e. The predicted molar refractivity (Wildman–Crippen MR) is 52.5 cm³/mol. The number of oxazole rings is 1. The lowest BCUT2D eigenvalue weighted by Crippen LogP contribution is -1.98. The number of aryl methyl sites for hydroxylation is 2. The van der Waals surface area contributed by atoms with Crippen molar-refractivity contribution in [2.24, 2.45) is 0 Å². The van der Waals surface area contributed by atoms with E-state index in [4.69, 9.17) is 16.6 Å². The Morgan fingerprint density at radius 1 is 1.57 bits per heavy atom. The molecule has 14 heavy (non-hydrogen) atoms. The maximum absolute atomic E-state index is 5.42. The molecular weight excluding hydrogens is 200 g/mol. The Hall–Kier alpha value is -1.43. The normalized spacial score (nSPS) is 10.7. The Kier molecular flexibility index (Phi) is 2.20. The van der Waals surface area contributed by atoms with Gasteiger partial charge in [-0.3, -0.25) is 9.67 Å². The SMILES string of the molecule is Cc1nc(Cn2cn[nH]c2=S)oc1C.